The number of hydrogen-bond donors (Lipinski definition) is 1. The lowest BCUT2D eigenvalue weighted by atomic mass is 9.92. The first kappa shape index (κ1) is 19.2. The van der Waals surface area contributed by atoms with Gasteiger partial charge in [0.2, 0.25) is 0 Å². The van der Waals surface area contributed by atoms with Gasteiger partial charge in [-0.1, -0.05) is 12.1 Å². The van der Waals surface area contributed by atoms with Gasteiger partial charge in [-0.3, -0.25) is 4.79 Å². The van der Waals surface area contributed by atoms with Gasteiger partial charge in [-0.15, -0.1) is 0 Å². The Morgan fingerprint density at radius 1 is 1.14 bits per heavy atom. The Morgan fingerprint density at radius 3 is 2.46 bits per heavy atom. The highest BCUT2D eigenvalue weighted by molar-refractivity contribution is 7.91. The van der Waals surface area contributed by atoms with Crippen molar-refractivity contribution in [2.75, 3.05) is 5.75 Å². The lowest BCUT2D eigenvalue weighted by Gasteiger charge is -2.15. The summed E-state index contributed by atoms with van der Waals surface area (Å²) in [6, 6.07) is 7.26. The number of rotatable bonds is 7. The first-order valence-electron chi connectivity index (χ1n) is 10.1. The number of aromatic nitrogens is 1. The highest BCUT2D eigenvalue weighted by Crippen LogP contribution is 2.33. The van der Waals surface area contributed by atoms with Crippen LogP contribution in [0.3, 0.4) is 0 Å². The molecule has 2 aliphatic carbocycles. The monoisotopic (exact) mass is 401 g/mol. The quantitative estimate of drug-likeness (QED) is 0.770. The van der Waals surface area contributed by atoms with E-state index in [1.54, 1.807) is 12.1 Å². The molecule has 0 aliphatic heterocycles. The van der Waals surface area contributed by atoms with Gasteiger partial charge < -0.3 is 9.67 Å². The molecule has 5 nitrogen and oxygen atoms in total. The van der Waals surface area contributed by atoms with Crippen LogP contribution in [0.1, 0.15) is 53.8 Å². The molecule has 1 fully saturated rings. The third-order valence-corrected chi connectivity index (χ3v) is 7.98. The van der Waals surface area contributed by atoms with E-state index in [4.69, 9.17) is 0 Å². The summed E-state index contributed by atoms with van der Waals surface area (Å²) in [4.78, 5) is 11.7. The summed E-state index contributed by atoms with van der Waals surface area (Å²) >= 11 is 0. The fourth-order valence-corrected chi connectivity index (χ4v) is 6.09. The van der Waals surface area contributed by atoms with Gasteiger partial charge in [0.05, 0.1) is 10.6 Å². The summed E-state index contributed by atoms with van der Waals surface area (Å²) in [6.45, 7) is 2.01. The molecular formula is C22H27NO4S. The van der Waals surface area contributed by atoms with Gasteiger partial charge in [0, 0.05) is 11.4 Å². The van der Waals surface area contributed by atoms with E-state index in [0.29, 0.717) is 17.2 Å². The van der Waals surface area contributed by atoms with E-state index < -0.39 is 15.8 Å². The van der Waals surface area contributed by atoms with Gasteiger partial charge in [0.15, 0.2) is 9.84 Å². The Kier molecular flexibility index (Phi) is 5.08. The molecule has 2 aromatic rings. The molecule has 0 amide bonds. The standard InChI is InChI=1S/C22H27NO4S/c1-15-20(19-4-2-3-5-21(19)23(15)13-22(24)25)12-16-8-10-18(11-9-16)28(26,27)14-17-6-7-17/h8-11,17H,2-7,12-14H2,1H3,(H,24,25). The van der Waals surface area contributed by atoms with Crippen LogP contribution in [0, 0.1) is 12.8 Å². The molecule has 2 aliphatic rings. The van der Waals surface area contributed by atoms with Gasteiger partial charge in [0.25, 0.3) is 0 Å². The van der Waals surface area contributed by atoms with Crippen LogP contribution in [0.4, 0.5) is 0 Å². The number of hydrogen-bond acceptors (Lipinski definition) is 3. The van der Waals surface area contributed by atoms with Crippen molar-refractivity contribution in [3.8, 4) is 0 Å². The summed E-state index contributed by atoms with van der Waals surface area (Å²) in [6.07, 6.45) is 6.92. The van der Waals surface area contributed by atoms with Crippen molar-refractivity contribution < 1.29 is 18.3 Å². The zero-order valence-electron chi connectivity index (χ0n) is 16.3. The minimum Gasteiger partial charge on any atom is -0.480 e. The topological polar surface area (TPSA) is 76.4 Å². The van der Waals surface area contributed by atoms with E-state index in [-0.39, 0.29) is 12.3 Å². The number of carboxylic acid groups (broad SMARTS) is 1. The molecule has 0 saturated heterocycles. The second-order valence-corrected chi connectivity index (χ2v) is 10.3. The van der Waals surface area contributed by atoms with Crippen LogP contribution in [0.2, 0.25) is 0 Å². The number of fused-ring (bicyclic) bond motifs is 1. The zero-order valence-corrected chi connectivity index (χ0v) is 17.1. The Morgan fingerprint density at radius 2 is 1.82 bits per heavy atom. The van der Waals surface area contributed by atoms with Crippen LogP contribution in [0.5, 0.6) is 0 Å². The predicted octanol–water partition coefficient (Wildman–Crippen LogP) is 3.53. The van der Waals surface area contributed by atoms with E-state index in [1.807, 2.05) is 23.6 Å². The van der Waals surface area contributed by atoms with Crippen LogP contribution >= 0.6 is 0 Å². The number of carboxylic acids is 1. The maximum Gasteiger partial charge on any atom is 0.323 e. The molecule has 1 aromatic carbocycles. The molecule has 0 radical (unpaired) electrons. The van der Waals surface area contributed by atoms with E-state index >= 15 is 0 Å². The second-order valence-electron chi connectivity index (χ2n) is 8.22. The van der Waals surface area contributed by atoms with Crippen molar-refractivity contribution >= 4 is 15.8 Å². The summed E-state index contributed by atoms with van der Waals surface area (Å²) in [5.41, 5.74) is 5.78. The molecule has 1 N–H and O–H groups in total. The highest BCUT2D eigenvalue weighted by Gasteiger charge is 2.29. The molecular weight excluding hydrogens is 374 g/mol. The van der Waals surface area contributed by atoms with E-state index in [2.05, 4.69) is 0 Å². The van der Waals surface area contributed by atoms with E-state index in [1.165, 1.54) is 16.8 Å². The van der Waals surface area contributed by atoms with Crippen LogP contribution in [0.15, 0.2) is 29.2 Å². The molecule has 28 heavy (non-hydrogen) atoms. The molecule has 0 unspecified atom stereocenters. The first-order valence-corrected chi connectivity index (χ1v) is 11.7. The third kappa shape index (κ3) is 3.88. The van der Waals surface area contributed by atoms with Gasteiger partial charge >= 0.3 is 5.97 Å². The van der Waals surface area contributed by atoms with E-state index in [9.17, 15) is 18.3 Å². The minimum absolute atomic E-state index is 0.00646. The normalized spacial score (nSPS) is 16.8. The Bertz CT molecular complexity index is 998. The summed E-state index contributed by atoms with van der Waals surface area (Å²) < 4.78 is 26.8. The molecule has 0 spiro atoms. The average molecular weight is 402 g/mol. The summed E-state index contributed by atoms with van der Waals surface area (Å²) in [7, 11) is -3.19. The van der Waals surface area contributed by atoms with Crippen molar-refractivity contribution in [1.29, 1.82) is 0 Å². The first-order chi connectivity index (χ1) is 13.3. The fourth-order valence-electron chi connectivity index (χ4n) is 4.39. The van der Waals surface area contributed by atoms with Crippen molar-refractivity contribution in [3.05, 3.63) is 52.3 Å². The minimum atomic E-state index is -3.19. The lowest BCUT2D eigenvalue weighted by molar-refractivity contribution is -0.137. The van der Waals surface area contributed by atoms with Gasteiger partial charge in [0.1, 0.15) is 6.54 Å². The van der Waals surface area contributed by atoms with Crippen LogP contribution in [-0.4, -0.2) is 29.8 Å². The lowest BCUT2D eigenvalue weighted by Crippen LogP contribution is -2.15. The van der Waals surface area contributed by atoms with Crippen LogP contribution in [-0.2, 0) is 40.4 Å². The van der Waals surface area contributed by atoms with Crippen molar-refractivity contribution in [1.82, 2.24) is 4.57 Å². The molecule has 150 valence electrons. The fraction of sp³-hybridized carbons (Fsp3) is 0.500. The third-order valence-electron chi connectivity index (χ3n) is 6.08. The number of sulfone groups is 1. The van der Waals surface area contributed by atoms with Crippen molar-refractivity contribution in [2.45, 2.75) is 63.3 Å². The Balaban J connectivity index is 1.60. The maximum absolute atomic E-state index is 12.4. The maximum atomic E-state index is 12.4. The Labute approximate surface area is 166 Å². The van der Waals surface area contributed by atoms with Gasteiger partial charge in [-0.05, 0) is 86.6 Å². The second kappa shape index (κ2) is 7.39. The molecule has 0 atom stereocenters. The summed E-state index contributed by atoms with van der Waals surface area (Å²) in [5.74, 6) is -0.215. The van der Waals surface area contributed by atoms with Crippen molar-refractivity contribution in [3.63, 3.8) is 0 Å². The SMILES string of the molecule is Cc1c(Cc2ccc(S(=O)(=O)CC3CC3)cc2)c2c(n1CC(=O)O)CCCC2. The molecule has 1 heterocycles. The smallest absolute Gasteiger partial charge is 0.323 e. The number of aliphatic carboxylic acids is 1. The average Bonchev–Trinajstić information content (AvgIpc) is 3.43. The summed E-state index contributed by atoms with van der Waals surface area (Å²) in [5, 5.41) is 9.29. The number of benzene rings is 1. The number of carbonyl (C=O) groups is 1. The van der Waals surface area contributed by atoms with E-state index in [0.717, 1.165) is 49.8 Å². The molecule has 1 aromatic heterocycles. The molecule has 4 rings (SSSR count). The molecule has 6 heteroatoms. The number of nitrogens with zero attached hydrogens (tertiary/aromatic N) is 1. The van der Waals surface area contributed by atoms with Crippen LogP contribution < -0.4 is 0 Å². The predicted molar refractivity (Wildman–Crippen MR) is 107 cm³/mol. The highest BCUT2D eigenvalue weighted by atomic mass is 32.2. The van der Waals surface area contributed by atoms with Gasteiger partial charge in [-0.25, -0.2) is 8.42 Å². The van der Waals surface area contributed by atoms with Crippen LogP contribution in [0.25, 0.3) is 0 Å². The largest absolute Gasteiger partial charge is 0.480 e. The zero-order chi connectivity index (χ0) is 19.9. The van der Waals surface area contributed by atoms with Crippen molar-refractivity contribution in [2.24, 2.45) is 5.92 Å². The molecule has 1 saturated carbocycles. The van der Waals surface area contributed by atoms with Gasteiger partial charge in [-0.2, -0.15) is 0 Å². The Hall–Kier alpha value is -2.08. The molecule has 0 bridgehead atoms.